The largest absolute Gasteiger partial charge is 0.273 e. The molecule has 0 heterocycles. The number of hydrogen-bond donors (Lipinski definition) is 1. The van der Waals surface area contributed by atoms with Crippen LogP contribution in [0.1, 0.15) is 6.92 Å². The van der Waals surface area contributed by atoms with Gasteiger partial charge in [-0.05, 0) is 12.1 Å². The second-order valence-electron chi connectivity index (χ2n) is 2.46. The number of hydrogen-bond acceptors (Lipinski definition) is 2. The molecule has 1 aromatic carbocycles. The van der Waals surface area contributed by atoms with E-state index < -0.39 is 0 Å². The Hall–Kier alpha value is -0.770. The van der Waals surface area contributed by atoms with E-state index in [9.17, 15) is 4.79 Å². The van der Waals surface area contributed by atoms with E-state index in [0.29, 0.717) is 15.7 Å². The fourth-order valence-corrected chi connectivity index (χ4v) is 1.46. The number of carbonyl (C=O) groups excluding carboxylic acids is 1. The summed E-state index contributed by atoms with van der Waals surface area (Å²) in [4.78, 5) is 10.9. The fourth-order valence-electron chi connectivity index (χ4n) is 0.877. The van der Waals surface area contributed by atoms with Crippen molar-refractivity contribution in [3.05, 3.63) is 28.2 Å². The van der Waals surface area contributed by atoms with Crippen molar-refractivity contribution in [2.24, 2.45) is 5.84 Å². The SMILES string of the molecule is CC(=O)N(N)c1c(Cl)cccc1Cl. The average molecular weight is 219 g/mol. The number of halogens is 2. The van der Waals surface area contributed by atoms with Gasteiger partial charge in [0.25, 0.3) is 0 Å². The highest BCUT2D eigenvalue weighted by atomic mass is 35.5. The maximum Gasteiger partial charge on any atom is 0.238 e. The van der Waals surface area contributed by atoms with Crippen LogP contribution in [0.4, 0.5) is 5.69 Å². The second kappa shape index (κ2) is 3.96. The molecule has 0 spiro atoms. The molecule has 0 aromatic heterocycles. The highest BCUT2D eigenvalue weighted by Crippen LogP contribution is 2.31. The number of benzene rings is 1. The van der Waals surface area contributed by atoms with Crippen LogP contribution in [-0.4, -0.2) is 5.91 Å². The van der Waals surface area contributed by atoms with Crippen LogP contribution < -0.4 is 10.9 Å². The third kappa shape index (κ3) is 2.12. The van der Waals surface area contributed by atoms with Gasteiger partial charge in [-0.25, -0.2) is 10.9 Å². The molecule has 0 unspecified atom stereocenters. The Morgan fingerprint density at radius 3 is 2.23 bits per heavy atom. The Balaban J connectivity index is 3.20. The fraction of sp³-hybridized carbons (Fsp3) is 0.125. The molecule has 0 bridgehead atoms. The summed E-state index contributed by atoms with van der Waals surface area (Å²) in [6.45, 7) is 1.33. The molecular weight excluding hydrogens is 211 g/mol. The van der Waals surface area contributed by atoms with Crippen molar-refractivity contribution in [3.63, 3.8) is 0 Å². The van der Waals surface area contributed by atoms with E-state index in [1.165, 1.54) is 6.92 Å². The molecule has 0 atom stereocenters. The monoisotopic (exact) mass is 218 g/mol. The minimum atomic E-state index is -0.324. The molecular formula is C8H8Cl2N2O. The van der Waals surface area contributed by atoms with E-state index in [1.54, 1.807) is 18.2 Å². The van der Waals surface area contributed by atoms with Gasteiger partial charge in [-0.15, -0.1) is 0 Å². The van der Waals surface area contributed by atoms with Gasteiger partial charge in [0, 0.05) is 6.92 Å². The van der Waals surface area contributed by atoms with E-state index in [0.717, 1.165) is 5.01 Å². The lowest BCUT2D eigenvalue weighted by Gasteiger charge is -2.16. The predicted molar refractivity (Wildman–Crippen MR) is 53.8 cm³/mol. The van der Waals surface area contributed by atoms with Crippen LogP contribution in [0.3, 0.4) is 0 Å². The number of carbonyl (C=O) groups is 1. The van der Waals surface area contributed by atoms with E-state index in [2.05, 4.69) is 0 Å². The lowest BCUT2D eigenvalue weighted by molar-refractivity contribution is -0.116. The number of para-hydroxylation sites is 1. The molecule has 0 aliphatic carbocycles. The summed E-state index contributed by atoms with van der Waals surface area (Å²) in [5, 5.41) is 1.63. The highest BCUT2D eigenvalue weighted by molar-refractivity contribution is 6.39. The molecule has 0 aliphatic heterocycles. The van der Waals surface area contributed by atoms with Gasteiger partial charge < -0.3 is 0 Å². The van der Waals surface area contributed by atoms with Gasteiger partial charge in [0.15, 0.2) is 0 Å². The molecule has 1 amide bonds. The van der Waals surface area contributed by atoms with Crippen molar-refractivity contribution in [1.82, 2.24) is 0 Å². The molecule has 0 saturated heterocycles. The summed E-state index contributed by atoms with van der Waals surface area (Å²) in [7, 11) is 0. The van der Waals surface area contributed by atoms with Crippen LogP contribution in [0.15, 0.2) is 18.2 Å². The van der Waals surface area contributed by atoms with Crippen molar-refractivity contribution >= 4 is 34.8 Å². The summed E-state index contributed by atoms with van der Waals surface area (Å²) in [6.07, 6.45) is 0. The standard InChI is InChI=1S/C8H8Cl2N2O/c1-5(13)12(11)8-6(9)3-2-4-7(8)10/h2-4H,11H2,1H3. The predicted octanol–water partition coefficient (Wildman–Crippen LogP) is 2.22. The Morgan fingerprint density at radius 1 is 1.38 bits per heavy atom. The van der Waals surface area contributed by atoms with E-state index in [-0.39, 0.29) is 5.91 Å². The number of anilines is 1. The van der Waals surface area contributed by atoms with Gasteiger partial charge in [0.2, 0.25) is 5.91 Å². The molecule has 0 fully saturated rings. The zero-order valence-electron chi connectivity index (χ0n) is 6.92. The van der Waals surface area contributed by atoms with Crippen LogP contribution in [0, 0.1) is 0 Å². The Labute approximate surface area is 86.0 Å². The Bertz CT molecular complexity index is 321. The zero-order valence-corrected chi connectivity index (χ0v) is 8.43. The maximum atomic E-state index is 10.9. The summed E-state index contributed by atoms with van der Waals surface area (Å²) < 4.78 is 0. The Kier molecular flexibility index (Phi) is 3.14. The summed E-state index contributed by atoms with van der Waals surface area (Å²) >= 11 is 11.6. The molecule has 0 radical (unpaired) electrons. The Morgan fingerprint density at radius 2 is 1.85 bits per heavy atom. The second-order valence-corrected chi connectivity index (χ2v) is 3.27. The van der Waals surface area contributed by atoms with E-state index in [4.69, 9.17) is 29.0 Å². The topological polar surface area (TPSA) is 46.3 Å². The molecule has 2 N–H and O–H groups in total. The molecule has 70 valence electrons. The number of hydrazine groups is 1. The van der Waals surface area contributed by atoms with Gasteiger partial charge in [0.1, 0.15) is 0 Å². The first-order chi connectivity index (χ1) is 6.04. The number of rotatable bonds is 1. The third-order valence-corrected chi connectivity index (χ3v) is 2.13. The normalized spacial score (nSPS) is 9.85. The average Bonchev–Trinajstić information content (AvgIpc) is 2.03. The summed E-state index contributed by atoms with van der Waals surface area (Å²) in [5.74, 6) is 5.13. The number of amides is 1. The van der Waals surface area contributed by atoms with Crippen LogP contribution in [0.25, 0.3) is 0 Å². The minimum Gasteiger partial charge on any atom is -0.273 e. The molecule has 1 rings (SSSR count). The summed E-state index contributed by atoms with van der Waals surface area (Å²) in [5.41, 5.74) is 0.332. The van der Waals surface area contributed by atoms with Gasteiger partial charge >= 0.3 is 0 Å². The molecule has 5 heteroatoms. The van der Waals surface area contributed by atoms with Crippen LogP contribution in [0.2, 0.25) is 10.0 Å². The van der Waals surface area contributed by atoms with Crippen molar-refractivity contribution in [2.75, 3.05) is 5.01 Å². The van der Waals surface area contributed by atoms with Crippen molar-refractivity contribution in [3.8, 4) is 0 Å². The van der Waals surface area contributed by atoms with Gasteiger partial charge in [-0.1, -0.05) is 29.3 Å². The van der Waals surface area contributed by atoms with E-state index >= 15 is 0 Å². The van der Waals surface area contributed by atoms with Gasteiger partial charge in [0.05, 0.1) is 15.7 Å². The number of nitrogens with zero attached hydrogens (tertiary/aromatic N) is 1. The van der Waals surface area contributed by atoms with E-state index in [1.807, 2.05) is 0 Å². The molecule has 13 heavy (non-hydrogen) atoms. The minimum absolute atomic E-state index is 0.324. The lowest BCUT2D eigenvalue weighted by Crippen LogP contribution is -2.35. The molecule has 0 aliphatic rings. The van der Waals surface area contributed by atoms with Crippen LogP contribution >= 0.6 is 23.2 Å². The zero-order chi connectivity index (χ0) is 10.0. The number of nitrogens with two attached hydrogens (primary N) is 1. The summed E-state index contributed by atoms with van der Waals surface area (Å²) in [6, 6.07) is 4.92. The van der Waals surface area contributed by atoms with Crippen molar-refractivity contribution < 1.29 is 4.79 Å². The van der Waals surface area contributed by atoms with Crippen LogP contribution in [0.5, 0.6) is 0 Å². The smallest absolute Gasteiger partial charge is 0.238 e. The first-order valence-corrected chi connectivity index (χ1v) is 4.29. The van der Waals surface area contributed by atoms with Gasteiger partial charge in [-0.3, -0.25) is 4.79 Å². The molecule has 1 aromatic rings. The van der Waals surface area contributed by atoms with Crippen molar-refractivity contribution in [1.29, 1.82) is 0 Å². The molecule has 3 nitrogen and oxygen atoms in total. The first kappa shape index (κ1) is 10.3. The highest BCUT2D eigenvalue weighted by Gasteiger charge is 2.13. The molecule has 0 saturated carbocycles. The maximum absolute atomic E-state index is 10.9. The lowest BCUT2D eigenvalue weighted by atomic mass is 10.3. The quantitative estimate of drug-likeness (QED) is 0.447. The van der Waals surface area contributed by atoms with Gasteiger partial charge in [-0.2, -0.15) is 0 Å². The van der Waals surface area contributed by atoms with Crippen LogP contribution in [-0.2, 0) is 4.79 Å². The van der Waals surface area contributed by atoms with Crippen molar-refractivity contribution in [2.45, 2.75) is 6.92 Å². The third-order valence-electron chi connectivity index (χ3n) is 1.52. The first-order valence-electron chi connectivity index (χ1n) is 3.53.